The molecule has 8 nitrogen and oxygen atoms in total. The minimum atomic E-state index is -4.51. The second kappa shape index (κ2) is 10.6. The van der Waals surface area contributed by atoms with Gasteiger partial charge in [0.25, 0.3) is 0 Å². The lowest BCUT2D eigenvalue weighted by Gasteiger charge is -2.33. The number of methoxy groups -OCH3 is 1. The molecule has 188 valence electrons. The first-order valence-electron chi connectivity index (χ1n) is 11.1. The maximum atomic E-state index is 12.7. The van der Waals surface area contributed by atoms with Crippen LogP contribution in [0, 0.1) is 5.92 Å². The molecule has 1 fully saturated rings. The lowest BCUT2D eigenvalue weighted by Crippen LogP contribution is -2.42. The first-order chi connectivity index (χ1) is 17.2. The van der Waals surface area contributed by atoms with Crippen molar-refractivity contribution >= 4 is 17.8 Å². The number of carbonyl (C=O) groups is 1. The van der Waals surface area contributed by atoms with Crippen molar-refractivity contribution in [2.24, 2.45) is 5.92 Å². The molecule has 0 bridgehead atoms. The fourth-order valence-electron chi connectivity index (χ4n) is 3.73. The Bertz CT molecular complexity index is 1230. The molecule has 3 heterocycles. The number of amides is 2. The van der Waals surface area contributed by atoms with Crippen LogP contribution in [-0.4, -0.2) is 46.1 Å². The maximum Gasteiger partial charge on any atom is 0.419 e. The van der Waals surface area contributed by atoms with Crippen LogP contribution in [0.3, 0.4) is 0 Å². The minimum Gasteiger partial charge on any atom is -0.481 e. The molecule has 0 saturated carbocycles. The van der Waals surface area contributed by atoms with E-state index >= 15 is 0 Å². The number of nitrogens with zero attached hydrogens (tertiary/aromatic N) is 4. The zero-order valence-electron chi connectivity index (χ0n) is 19.6. The Labute approximate surface area is 205 Å². The quantitative estimate of drug-likeness (QED) is 0.488. The molecule has 1 aliphatic heterocycles. The standard InChI is InChI=1S/C25H24F3N5O3/c1-16-15-33(24(34)32-20-6-7-22(35-2)29-14-20)9-8-18(16)10-17-4-3-5-21(11-17)36-23-30-12-19(13-31-23)25(26,27)28/h3-7,10-14,16H,8-9,15H2,1-2H3,(H,32,34). The smallest absolute Gasteiger partial charge is 0.419 e. The van der Waals surface area contributed by atoms with Crippen LogP contribution in [0.25, 0.3) is 6.08 Å². The molecule has 2 aromatic heterocycles. The van der Waals surface area contributed by atoms with E-state index in [4.69, 9.17) is 9.47 Å². The molecule has 36 heavy (non-hydrogen) atoms. The van der Waals surface area contributed by atoms with E-state index in [1.165, 1.54) is 12.7 Å². The monoisotopic (exact) mass is 499 g/mol. The zero-order chi connectivity index (χ0) is 25.7. The number of rotatable bonds is 5. The van der Waals surface area contributed by atoms with E-state index in [1.54, 1.807) is 41.4 Å². The van der Waals surface area contributed by atoms with Gasteiger partial charge in [0.15, 0.2) is 0 Å². The summed E-state index contributed by atoms with van der Waals surface area (Å²) >= 11 is 0. The van der Waals surface area contributed by atoms with Crippen molar-refractivity contribution < 1.29 is 27.4 Å². The Morgan fingerprint density at radius 3 is 2.56 bits per heavy atom. The third-order valence-electron chi connectivity index (χ3n) is 5.66. The van der Waals surface area contributed by atoms with Crippen LogP contribution >= 0.6 is 0 Å². The highest BCUT2D eigenvalue weighted by Gasteiger charge is 2.31. The first-order valence-corrected chi connectivity index (χ1v) is 11.1. The van der Waals surface area contributed by atoms with E-state index in [0.29, 0.717) is 49.2 Å². The van der Waals surface area contributed by atoms with Gasteiger partial charge in [0.2, 0.25) is 5.88 Å². The molecule has 1 aromatic carbocycles. The van der Waals surface area contributed by atoms with Gasteiger partial charge in [0.1, 0.15) is 5.75 Å². The van der Waals surface area contributed by atoms with E-state index in [9.17, 15) is 18.0 Å². The second-order valence-electron chi connectivity index (χ2n) is 8.26. The fraction of sp³-hybridized carbons (Fsp3) is 0.280. The molecule has 1 aliphatic rings. The molecule has 1 atom stereocenters. The number of carbonyl (C=O) groups excluding carboxylic acids is 1. The van der Waals surface area contributed by atoms with Crippen molar-refractivity contribution in [2.45, 2.75) is 19.5 Å². The lowest BCUT2D eigenvalue weighted by molar-refractivity contribution is -0.138. The molecule has 3 aromatic rings. The number of aromatic nitrogens is 3. The van der Waals surface area contributed by atoms with Crippen molar-refractivity contribution in [3.63, 3.8) is 0 Å². The summed E-state index contributed by atoms with van der Waals surface area (Å²) in [5.41, 5.74) is 1.68. The largest absolute Gasteiger partial charge is 0.481 e. The average molecular weight is 499 g/mol. The summed E-state index contributed by atoms with van der Waals surface area (Å²) in [5, 5.41) is 2.85. The fourth-order valence-corrected chi connectivity index (χ4v) is 3.73. The molecule has 0 spiro atoms. The van der Waals surface area contributed by atoms with Crippen LogP contribution in [0.4, 0.5) is 23.7 Å². The maximum absolute atomic E-state index is 12.7. The van der Waals surface area contributed by atoms with Crippen molar-refractivity contribution in [3.8, 4) is 17.6 Å². The Hall–Kier alpha value is -4.15. The predicted molar refractivity (Wildman–Crippen MR) is 127 cm³/mol. The summed E-state index contributed by atoms with van der Waals surface area (Å²) < 4.78 is 48.6. The molecule has 1 saturated heterocycles. The van der Waals surface area contributed by atoms with Crippen molar-refractivity contribution in [3.05, 3.63) is 71.7 Å². The van der Waals surface area contributed by atoms with Crippen LogP contribution in [0.1, 0.15) is 24.5 Å². The van der Waals surface area contributed by atoms with Crippen molar-refractivity contribution in [1.29, 1.82) is 0 Å². The Balaban J connectivity index is 1.37. The highest BCUT2D eigenvalue weighted by atomic mass is 19.4. The second-order valence-corrected chi connectivity index (χ2v) is 8.26. The Morgan fingerprint density at radius 2 is 1.92 bits per heavy atom. The minimum absolute atomic E-state index is 0.126. The molecule has 4 rings (SSSR count). The van der Waals surface area contributed by atoms with E-state index in [0.717, 1.165) is 5.56 Å². The number of alkyl halides is 3. The van der Waals surface area contributed by atoms with E-state index in [-0.39, 0.29) is 18.0 Å². The van der Waals surface area contributed by atoms with E-state index in [1.807, 2.05) is 12.1 Å². The third kappa shape index (κ3) is 6.29. The van der Waals surface area contributed by atoms with Gasteiger partial charge in [-0.05, 0) is 36.1 Å². The number of piperidine rings is 1. The average Bonchev–Trinajstić information content (AvgIpc) is 2.86. The number of pyridine rings is 1. The number of ether oxygens (including phenoxy) is 2. The van der Waals surface area contributed by atoms with E-state index in [2.05, 4.69) is 27.2 Å². The Kier molecular flexibility index (Phi) is 7.37. The summed E-state index contributed by atoms with van der Waals surface area (Å²) in [6.07, 6.45) is 1.14. The van der Waals surface area contributed by atoms with Gasteiger partial charge in [-0.3, -0.25) is 0 Å². The number of urea groups is 1. The van der Waals surface area contributed by atoms with Crippen LogP contribution in [0.2, 0.25) is 0 Å². The highest BCUT2D eigenvalue weighted by Crippen LogP contribution is 2.30. The zero-order valence-corrected chi connectivity index (χ0v) is 19.6. The number of benzene rings is 1. The molecule has 0 radical (unpaired) electrons. The van der Waals surface area contributed by atoms with E-state index < -0.39 is 11.7 Å². The van der Waals surface area contributed by atoms with Crippen molar-refractivity contribution in [1.82, 2.24) is 19.9 Å². The van der Waals surface area contributed by atoms with Gasteiger partial charge >= 0.3 is 18.2 Å². The van der Waals surface area contributed by atoms with Gasteiger partial charge in [-0.15, -0.1) is 0 Å². The molecular weight excluding hydrogens is 475 g/mol. The van der Waals surface area contributed by atoms with Crippen LogP contribution in [0.15, 0.2) is 60.6 Å². The molecule has 1 unspecified atom stereocenters. The van der Waals surface area contributed by atoms with Crippen LogP contribution in [0.5, 0.6) is 17.6 Å². The van der Waals surface area contributed by atoms with Crippen molar-refractivity contribution in [2.75, 3.05) is 25.5 Å². The van der Waals surface area contributed by atoms with Gasteiger partial charge in [-0.2, -0.15) is 13.2 Å². The number of hydrogen-bond donors (Lipinski definition) is 1. The summed E-state index contributed by atoms with van der Waals surface area (Å²) in [6.45, 7) is 3.16. The molecule has 11 heteroatoms. The van der Waals surface area contributed by atoms with Gasteiger partial charge in [0, 0.05) is 31.5 Å². The lowest BCUT2D eigenvalue weighted by atomic mass is 9.91. The summed E-state index contributed by atoms with van der Waals surface area (Å²) in [4.78, 5) is 25.8. The number of halogens is 3. The Morgan fingerprint density at radius 1 is 1.14 bits per heavy atom. The van der Waals surface area contributed by atoms with Gasteiger partial charge in [0.05, 0.1) is 24.6 Å². The van der Waals surface area contributed by atoms with Crippen LogP contribution < -0.4 is 14.8 Å². The van der Waals surface area contributed by atoms with Gasteiger partial charge < -0.3 is 19.7 Å². The summed E-state index contributed by atoms with van der Waals surface area (Å²) in [7, 11) is 1.53. The summed E-state index contributed by atoms with van der Waals surface area (Å²) in [6, 6.07) is 10.2. The summed E-state index contributed by atoms with van der Waals surface area (Å²) in [5.74, 6) is 0.999. The highest BCUT2D eigenvalue weighted by molar-refractivity contribution is 5.89. The normalized spacial score (nSPS) is 17.1. The molecule has 2 amide bonds. The number of anilines is 1. The van der Waals surface area contributed by atoms with Gasteiger partial charge in [-0.25, -0.2) is 19.7 Å². The number of likely N-dealkylation sites (tertiary alicyclic amines) is 1. The third-order valence-corrected chi connectivity index (χ3v) is 5.66. The first kappa shape index (κ1) is 25.0. The SMILES string of the molecule is COc1ccc(NC(=O)N2CCC(=Cc3cccc(Oc4ncc(C(F)(F)F)cn4)c3)C(C)C2)cn1. The number of hydrogen-bond acceptors (Lipinski definition) is 6. The molecular formula is C25H24F3N5O3. The predicted octanol–water partition coefficient (Wildman–Crippen LogP) is 5.65. The molecule has 1 N–H and O–H groups in total. The van der Waals surface area contributed by atoms with Gasteiger partial charge in [-0.1, -0.05) is 30.7 Å². The molecule has 0 aliphatic carbocycles. The topological polar surface area (TPSA) is 89.5 Å². The number of nitrogens with one attached hydrogen (secondary N) is 1. The van der Waals surface area contributed by atoms with Crippen LogP contribution in [-0.2, 0) is 6.18 Å².